The molecular formula is C17H17F2NO4. The minimum absolute atomic E-state index is 0.0666. The second-order valence-corrected chi connectivity index (χ2v) is 5.92. The molecule has 24 heavy (non-hydrogen) atoms. The Labute approximate surface area is 137 Å². The van der Waals surface area contributed by atoms with Crippen LogP contribution in [0.25, 0.3) is 0 Å². The normalized spacial score (nSPS) is 20.6. The van der Waals surface area contributed by atoms with E-state index in [1.54, 1.807) is 13.0 Å². The van der Waals surface area contributed by atoms with E-state index < -0.39 is 29.7 Å². The second-order valence-electron chi connectivity index (χ2n) is 5.92. The minimum Gasteiger partial charge on any atom is -0.453 e. The summed E-state index contributed by atoms with van der Waals surface area (Å²) in [5, 5.41) is 19.1. The van der Waals surface area contributed by atoms with Crippen molar-refractivity contribution in [2.24, 2.45) is 0 Å². The van der Waals surface area contributed by atoms with Crippen molar-refractivity contribution in [2.45, 2.75) is 32.1 Å². The van der Waals surface area contributed by atoms with Gasteiger partial charge in [0, 0.05) is 12.1 Å². The fourth-order valence-corrected chi connectivity index (χ4v) is 3.04. The largest absolute Gasteiger partial charge is 0.453 e. The summed E-state index contributed by atoms with van der Waals surface area (Å²) in [7, 11) is 0. The molecule has 1 aromatic heterocycles. The SMILES string of the molecule is Cc1cc(CO)oc1C(=O)N1CC(O)CC1c1ccc(F)c(F)c1. The Morgan fingerprint density at radius 3 is 2.71 bits per heavy atom. The average molecular weight is 337 g/mol. The first kappa shape index (κ1) is 16.6. The number of aryl methyl sites for hydroxylation is 1. The molecule has 7 heteroatoms. The van der Waals surface area contributed by atoms with Crippen molar-refractivity contribution in [1.82, 2.24) is 4.90 Å². The van der Waals surface area contributed by atoms with Gasteiger partial charge in [0.05, 0.1) is 12.1 Å². The van der Waals surface area contributed by atoms with Gasteiger partial charge in [-0.25, -0.2) is 8.78 Å². The van der Waals surface area contributed by atoms with E-state index in [9.17, 15) is 18.7 Å². The fourth-order valence-electron chi connectivity index (χ4n) is 3.04. The lowest BCUT2D eigenvalue weighted by molar-refractivity contribution is 0.0678. The highest BCUT2D eigenvalue weighted by Crippen LogP contribution is 2.34. The zero-order chi connectivity index (χ0) is 17.4. The maximum absolute atomic E-state index is 13.5. The molecule has 0 bridgehead atoms. The maximum atomic E-state index is 13.5. The summed E-state index contributed by atoms with van der Waals surface area (Å²) in [5.41, 5.74) is 0.972. The van der Waals surface area contributed by atoms with Gasteiger partial charge in [-0.05, 0) is 37.1 Å². The fraction of sp³-hybridized carbons (Fsp3) is 0.353. The predicted octanol–water partition coefficient (Wildman–Crippen LogP) is 2.31. The molecule has 0 saturated carbocycles. The minimum atomic E-state index is -1.00. The molecule has 1 fully saturated rings. The third kappa shape index (κ3) is 2.92. The Bertz CT molecular complexity index is 774. The third-order valence-electron chi connectivity index (χ3n) is 4.19. The molecule has 0 spiro atoms. The Hall–Kier alpha value is -2.25. The monoisotopic (exact) mass is 337 g/mol. The van der Waals surface area contributed by atoms with E-state index in [0.717, 1.165) is 12.1 Å². The predicted molar refractivity (Wildman–Crippen MR) is 80.1 cm³/mol. The van der Waals surface area contributed by atoms with E-state index in [4.69, 9.17) is 9.52 Å². The highest BCUT2D eigenvalue weighted by Gasteiger charge is 2.37. The molecular weight excluding hydrogens is 320 g/mol. The molecule has 1 aromatic carbocycles. The van der Waals surface area contributed by atoms with Gasteiger partial charge >= 0.3 is 0 Å². The molecule has 0 aliphatic carbocycles. The number of β-amino-alcohol motifs (C(OH)–C–C–N with tert-alkyl or cyclic N) is 1. The molecule has 2 heterocycles. The summed E-state index contributed by atoms with van der Waals surface area (Å²) < 4.78 is 32.0. The Morgan fingerprint density at radius 2 is 2.08 bits per heavy atom. The average Bonchev–Trinajstić information content (AvgIpc) is 3.12. The van der Waals surface area contributed by atoms with Crippen LogP contribution in [0.3, 0.4) is 0 Å². The van der Waals surface area contributed by atoms with Gasteiger partial charge in [-0.15, -0.1) is 0 Å². The van der Waals surface area contributed by atoms with Crippen molar-refractivity contribution < 1.29 is 28.2 Å². The smallest absolute Gasteiger partial charge is 0.290 e. The number of benzene rings is 1. The van der Waals surface area contributed by atoms with E-state index in [1.165, 1.54) is 11.0 Å². The van der Waals surface area contributed by atoms with Crippen LogP contribution in [0.1, 0.15) is 39.9 Å². The van der Waals surface area contributed by atoms with E-state index in [2.05, 4.69) is 0 Å². The molecule has 1 aliphatic rings. The molecule has 2 atom stereocenters. The summed E-state index contributed by atoms with van der Waals surface area (Å²) in [5.74, 6) is -2.10. The van der Waals surface area contributed by atoms with E-state index in [-0.39, 0.29) is 31.1 Å². The van der Waals surface area contributed by atoms with Crippen LogP contribution in [0.5, 0.6) is 0 Å². The first-order valence-electron chi connectivity index (χ1n) is 7.55. The number of aliphatic hydroxyl groups is 2. The van der Waals surface area contributed by atoms with Crippen LogP contribution in [-0.2, 0) is 6.61 Å². The first-order valence-corrected chi connectivity index (χ1v) is 7.55. The number of amides is 1. The van der Waals surface area contributed by atoms with Gasteiger partial charge in [0.2, 0.25) is 0 Å². The summed E-state index contributed by atoms with van der Waals surface area (Å²) in [6.45, 7) is 1.41. The van der Waals surface area contributed by atoms with Gasteiger partial charge in [-0.3, -0.25) is 4.79 Å². The number of carbonyl (C=O) groups is 1. The molecule has 5 nitrogen and oxygen atoms in total. The van der Waals surface area contributed by atoms with Crippen LogP contribution in [0.15, 0.2) is 28.7 Å². The van der Waals surface area contributed by atoms with Gasteiger partial charge in [0.25, 0.3) is 5.91 Å². The Kier molecular flexibility index (Phi) is 4.38. The molecule has 128 valence electrons. The van der Waals surface area contributed by atoms with E-state index in [0.29, 0.717) is 11.1 Å². The van der Waals surface area contributed by atoms with Crippen LogP contribution in [-0.4, -0.2) is 33.7 Å². The van der Waals surface area contributed by atoms with Crippen LogP contribution in [0, 0.1) is 18.6 Å². The lowest BCUT2D eigenvalue weighted by Crippen LogP contribution is -2.32. The Balaban J connectivity index is 1.93. The standard InChI is InChI=1S/C17H17F2NO4/c1-9-4-12(8-21)24-16(9)17(23)20-7-11(22)6-15(20)10-2-3-13(18)14(19)5-10/h2-5,11,15,21-22H,6-8H2,1H3. The van der Waals surface area contributed by atoms with Crippen molar-refractivity contribution in [3.8, 4) is 0 Å². The van der Waals surface area contributed by atoms with Crippen molar-refractivity contribution in [3.63, 3.8) is 0 Å². The number of carbonyl (C=O) groups excluding carboxylic acids is 1. The number of furan rings is 1. The summed E-state index contributed by atoms with van der Waals surface area (Å²) in [6.07, 6.45) is -0.539. The number of aliphatic hydroxyl groups excluding tert-OH is 2. The number of likely N-dealkylation sites (tertiary alicyclic amines) is 1. The molecule has 1 saturated heterocycles. The molecule has 1 aliphatic heterocycles. The van der Waals surface area contributed by atoms with Gasteiger partial charge in [0.15, 0.2) is 17.4 Å². The lowest BCUT2D eigenvalue weighted by atomic mass is 10.0. The van der Waals surface area contributed by atoms with Crippen molar-refractivity contribution in [1.29, 1.82) is 0 Å². The highest BCUT2D eigenvalue weighted by molar-refractivity contribution is 5.93. The molecule has 3 rings (SSSR count). The molecule has 0 radical (unpaired) electrons. The van der Waals surface area contributed by atoms with Gasteiger partial charge < -0.3 is 19.5 Å². The van der Waals surface area contributed by atoms with Crippen LogP contribution in [0.2, 0.25) is 0 Å². The van der Waals surface area contributed by atoms with Crippen molar-refractivity contribution in [3.05, 3.63) is 58.5 Å². The molecule has 2 N–H and O–H groups in total. The van der Waals surface area contributed by atoms with Crippen LogP contribution >= 0.6 is 0 Å². The molecule has 2 unspecified atom stereocenters. The van der Waals surface area contributed by atoms with Gasteiger partial charge in [-0.1, -0.05) is 6.07 Å². The number of rotatable bonds is 3. The highest BCUT2D eigenvalue weighted by atomic mass is 19.2. The van der Waals surface area contributed by atoms with E-state index in [1.807, 2.05) is 0 Å². The van der Waals surface area contributed by atoms with Crippen LogP contribution < -0.4 is 0 Å². The first-order chi connectivity index (χ1) is 11.4. The number of halogens is 2. The van der Waals surface area contributed by atoms with E-state index >= 15 is 0 Å². The number of hydrogen-bond donors (Lipinski definition) is 2. The topological polar surface area (TPSA) is 73.9 Å². The van der Waals surface area contributed by atoms with Gasteiger partial charge in [-0.2, -0.15) is 0 Å². The zero-order valence-corrected chi connectivity index (χ0v) is 13.0. The number of hydrogen-bond acceptors (Lipinski definition) is 4. The lowest BCUT2D eigenvalue weighted by Gasteiger charge is -2.24. The summed E-state index contributed by atoms with van der Waals surface area (Å²) in [6, 6.07) is 4.42. The van der Waals surface area contributed by atoms with Gasteiger partial charge in [0.1, 0.15) is 12.4 Å². The molecule has 2 aromatic rings. The summed E-state index contributed by atoms with van der Waals surface area (Å²) in [4.78, 5) is 14.1. The van der Waals surface area contributed by atoms with Crippen LogP contribution in [0.4, 0.5) is 8.78 Å². The Morgan fingerprint density at radius 1 is 1.33 bits per heavy atom. The maximum Gasteiger partial charge on any atom is 0.290 e. The summed E-state index contributed by atoms with van der Waals surface area (Å²) >= 11 is 0. The van der Waals surface area contributed by atoms with Crippen molar-refractivity contribution >= 4 is 5.91 Å². The number of nitrogens with zero attached hydrogens (tertiary/aromatic N) is 1. The third-order valence-corrected chi connectivity index (χ3v) is 4.19. The zero-order valence-electron chi connectivity index (χ0n) is 13.0. The second kappa shape index (κ2) is 6.33. The molecule has 1 amide bonds. The quantitative estimate of drug-likeness (QED) is 0.901. The van der Waals surface area contributed by atoms with Crippen molar-refractivity contribution in [2.75, 3.05) is 6.54 Å².